The van der Waals surface area contributed by atoms with Crippen LogP contribution in [0.15, 0.2) is 72.2 Å². The molecule has 140 valence electrons. The summed E-state index contributed by atoms with van der Waals surface area (Å²) in [5.41, 5.74) is 3.47. The zero-order valence-corrected chi connectivity index (χ0v) is 16.3. The molecule has 0 amide bonds. The quantitative estimate of drug-likeness (QED) is 0.482. The van der Waals surface area contributed by atoms with Gasteiger partial charge in [0.05, 0.1) is 19.1 Å². The summed E-state index contributed by atoms with van der Waals surface area (Å²) in [5, 5.41) is 6.49. The highest BCUT2D eigenvalue weighted by atomic mass is 32.1. The van der Waals surface area contributed by atoms with Crippen molar-refractivity contribution in [2.75, 3.05) is 14.2 Å². The number of hydrogen-bond donors (Lipinski definition) is 0. The van der Waals surface area contributed by atoms with Crippen LogP contribution in [0.4, 0.5) is 0 Å². The van der Waals surface area contributed by atoms with Crippen LogP contribution in [0.5, 0.6) is 11.5 Å². The molecule has 0 bridgehead atoms. The molecule has 0 aliphatic rings. The first-order valence-electron chi connectivity index (χ1n) is 8.66. The van der Waals surface area contributed by atoms with E-state index in [1.54, 1.807) is 26.5 Å². The Morgan fingerprint density at radius 3 is 2.04 bits per heavy atom. The van der Waals surface area contributed by atoms with Crippen molar-refractivity contribution < 1.29 is 14.3 Å². The Hall–Kier alpha value is -3.38. The molecule has 0 saturated carbocycles. The van der Waals surface area contributed by atoms with Gasteiger partial charge < -0.3 is 9.47 Å². The van der Waals surface area contributed by atoms with E-state index in [4.69, 9.17) is 9.47 Å². The van der Waals surface area contributed by atoms with Gasteiger partial charge in [-0.05, 0) is 53.4 Å². The highest BCUT2D eigenvalue weighted by Gasteiger charge is 2.18. The fraction of sp³-hybridized carbons (Fsp3) is 0.0909. The van der Waals surface area contributed by atoms with Gasteiger partial charge in [0.1, 0.15) is 17.2 Å². The highest BCUT2D eigenvalue weighted by Crippen LogP contribution is 2.33. The average molecular weight is 390 g/mol. The summed E-state index contributed by atoms with van der Waals surface area (Å²) in [6, 6.07) is 19.0. The lowest BCUT2D eigenvalue weighted by atomic mass is 10.0. The molecular weight excluding hydrogens is 372 g/mol. The lowest BCUT2D eigenvalue weighted by Gasteiger charge is -2.05. The number of thiophene rings is 1. The molecule has 0 aliphatic heterocycles. The van der Waals surface area contributed by atoms with Crippen LogP contribution in [0.25, 0.3) is 22.4 Å². The molecule has 0 aliphatic carbocycles. The molecule has 5 nitrogen and oxygen atoms in total. The Morgan fingerprint density at radius 1 is 0.893 bits per heavy atom. The lowest BCUT2D eigenvalue weighted by Crippen LogP contribution is -2.10. The van der Waals surface area contributed by atoms with Gasteiger partial charge in [0, 0.05) is 17.3 Å². The Kier molecular flexibility index (Phi) is 4.95. The number of benzene rings is 2. The number of carbonyl (C=O) groups excluding carboxylic acids is 1. The maximum atomic E-state index is 12.8. The fourth-order valence-corrected chi connectivity index (χ4v) is 3.59. The fourth-order valence-electron chi connectivity index (χ4n) is 2.94. The normalized spacial score (nSPS) is 10.6. The van der Waals surface area contributed by atoms with Gasteiger partial charge in [-0.25, -0.2) is 4.68 Å². The van der Waals surface area contributed by atoms with E-state index in [9.17, 15) is 4.79 Å². The molecule has 4 aromatic rings. The standard InChI is InChI=1S/C22H18N2O3S/c1-26-17-9-5-15(6-10-17)19-14-24(22(25)20-4-3-13-28-20)23-21(19)16-7-11-18(27-2)12-8-16/h3-14H,1-2H3. The molecular formula is C22H18N2O3S. The number of ether oxygens (including phenoxy) is 2. The van der Waals surface area contributed by atoms with E-state index >= 15 is 0 Å². The van der Waals surface area contributed by atoms with E-state index in [0.717, 1.165) is 33.9 Å². The number of hydrogen-bond acceptors (Lipinski definition) is 5. The summed E-state index contributed by atoms with van der Waals surface area (Å²) in [6.07, 6.45) is 1.78. The molecule has 28 heavy (non-hydrogen) atoms. The molecule has 0 saturated heterocycles. The highest BCUT2D eigenvalue weighted by molar-refractivity contribution is 7.12. The number of methoxy groups -OCH3 is 2. The van der Waals surface area contributed by atoms with Crippen molar-refractivity contribution in [2.45, 2.75) is 0 Å². The first kappa shape index (κ1) is 18.0. The lowest BCUT2D eigenvalue weighted by molar-refractivity contribution is 0.0949. The molecule has 2 aromatic carbocycles. The van der Waals surface area contributed by atoms with Gasteiger partial charge in [-0.1, -0.05) is 18.2 Å². The average Bonchev–Trinajstić information content (AvgIpc) is 3.44. The van der Waals surface area contributed by atoms with Crippen LogP contribution in [0.2, 0.25) is 0 Å². The number of rotatable bonds is 5. The second kappa shape index (κ2) is 7.70. The van der Waals surface area contributed by atoms with Crippen LogP contribution < -0.4 is 9.47 Å². The molecule has 2 heterocycles. The largest absolute Gasteiger partial charge is 0.497 e. The van der Waals surface area contributed by atoms with Gasteiger partial charge in [-0.2, -0.15) is 5.10 Å². The Bertz CT molecular complexity index is 1020. The topological polar surface area (TPSA) is 53.4 Å². The van der Waals surface area contributed by atoms with Gasteiger partial charge >= 0.3 is 0 Å². The third kappa shape index (κ3) is 3.42. The summed E-state index contributed by atoms with van der Waals surface area (Å²) in [6.45, 7) is 0. The predicted molar refractivity (Wildman–Crippen MR) is 110 cm³/mol. The first-order valence-corrected chi connectivity index (χ1v) is 9.54. The minimum absolute atomic E-state index is 0.149. The molecule has 0 spiro atoms. The van der Waals surface area contributed by atoms with Crippen LogP contribution in [-0.4, -0.2) is 29.9 Å². The maximum absolute atomic E-state index is 12.8. The second-order valence-electron chi connectivity index (χ2n) is 6.08. The molecule has 0 radical (unpaired) electrons. The van der Waals surface area contributed by atoms with Crippen LogP contribution in [0.3, 0.4) is 0 Å². The van der Waals surface area contributed by atoms with E-state index in [2.05, 4.69) is 5.10 Å². The van der Waals surface area contributed by atoms with Crippen LogP contribution in [0, 0.1) is 0 Å². The summed E-state index contributed by atoms with van der Waals surface area (Å²) < 4.78 is 11.9. The van der Waals surface area contributed by atoms with E-state index in [0.29, 0.717) is 4.88 Å². The molecule has 0 unspecified atom stereocenters. The predicted octanol–water partition coefficient (Wildman–Crippen LogP) is 4.98. The van der Waals surface area contributed by atoms with Crippen LogP contribution in [0.1, 0.15) is 9.67 Å². The summed E-state index contributed by atoms with van der Waals surface area (Å²) in [5.74, 6) is 1.39. The van der Waals surface area contributed by atoms with Crippen LogP contribution >= 0.6 is 11.3 Å². The first-order chi connectivity index (χ1) is 13.7. The van der Waals surface area contributed by atoms with Gasteiger partial charge in [0.2, 0.25) is 0 Å². The number of carbonyl (C=O) groups is 1. The maximum Gasteiger partial charge on any atom is 0.288 e. The van der Waals surface area contributed by atoms with Gasteiger partial charge in [-0.15, -0.1) is 11.3 Å². The summed E-state index contributed by atoms with van der Waals surface area (Å²) >= 11 is 1.40. The van der Waals surface area contributed by atoms with E-state index in [1.165, 1.54) is 16.0 Å². The number of nitrogens with zero attached hydrogens (tertiary/aromatic N) is 2. The molecule has 6 heteroatoms. The van der Waals surface area contributed by atoms with Crippen molar-refractivity contribution in [1.29, 1.82) is 0 Å². The smallest absolute Gasteiger partial charge is 0.288 e. The Morgan fingerprint density at radius 2 is 1.50 bits per heavy atom. The monoisotopic (exact) mass is 390 g/mol. The van der Waals surface area contributed by atoms with Crippen molar-refractivity contribution in [2.24, 2.45) is 0 Å². The number of aromatic nitrogens is 2. The zero-order chi connectivity index (χ0) is 19.5. The van der Waals surface area contributed by atoms with Crippen molar-refractivity contribution in [3.8, 4) is 33.9 Å². The van der Waals surface area contributed by atoms with E-state index in [-0.39, 0.29) is 5.91 Å². The molecule has 0 atom stereocenters. The SMILES string of the molecule is COc1ccc(-c2cn(C(=O)c3cccs3)nc2-c2ccc(OC)cc2)cc1. The third-order valence-electron chi connectivity index (χ3n) is 4.42. The minimum atomic E-state index is -0.149. The molecule has 4 rings (SSSR count). The van der Waals surface area contributed by atoms with E-state index < -0.39 is 0 Å². The zero-order valence-electron chi connectivity index (χ0n) is 15.5. The Labute approximate surface area is 166 Å². The summed E-state index contributed by atoms with van der Waals surface area (Å²) in [7, 11) is 3.27. The molecule has 0 N–H and O–H groups in total. The van der Waals surface area contributed by atoms with Gasteiger partial charge in [-0.3, -0.25) is 4.79 Å². The Balaban J connectivity index is 1.82. The summed E-state index contributed by atoms with van der Waals surface area (Å²) in [4.78, 5) is 13.5. The van der Waals surface area contributed by atoms with Crippen molar-refractivity contribution >= 4 is 17.2 Å². The van der Waals surface area contributed by atoms with E-state index in [1.807, 2.05) is 60.0 Å². The molecule has 2 aromatic heterocycles. The van der Waals surface area contributed by atoms with Crippen molar-refractivity contribution in [1.82, 2.24) is 9.78 Å². The second-order valence-corrected chi connectivity index (χ2v) is 7.02. The van der Waals surface area contributed by atoms with Gasteiger partial charge in [0.25, 0.3) is 5.91 Å². The van der Waals surface area contributed by atoms with Crippen molar-refractivity contribution in [3.05, 3.63) is 77.1 Å². The van der Waals surface area contributed by atoms with Crippen LogP contribution in [-0.2, 0) is 0 Å². The molecule has 0 fully saturated rings. The third-order valence-corrected chi connectivity index (χ3v) is 5.28. The van der Waals surface area contributed by atoms with Gasteiger partial charge in [0.15, 0.2) is 0 Å². The minimum Gasteiger partial charge on any atom is -0.497 e. The van der Waals surface area contributed by atoms with Crippen molar-refractivity contribution in [3.63, 3.8) is 0 Å².